The summed E-state index contributed by atoms with van der Waals surface area (Å²) >= 11 is 7.72. The molecule has 7 nitrogen and oxygen atoms in total. The van der Waals surface area contributed by atoms with Crippen molar-refractivity contribution in [3.05, 3.63) is 77.4 Å². The number of ether oxygens (including phenoxy) is 3. The number of hydrogen-bond donors (Lipinski definition) is 1. The number of carboxylic acid groups (broad SMARTS) is 1. The van der Waals surface area contributed by atoms with E-state index in [0.29, 0.717) is 52.2 Å². The van der Waals surface area contributed by atoms with E-state index in [4.69, 9.17) is 25.8 Å². The summed E-state index contributed by atoms with van der Waals surface area (Å²) in [6.07, 6.45) is 1.36. The van der Waals surface area contributed by atoms with Gasteiger partial charge in [-0.05, 0) is 79.3 Å². The summed E-state index contributed by atoms with van der Waals surface area (Å²) in [4.78, 5) is 18.8. The number of pyridine rings is 1. The standard InChI is InChI=1S/C28H27ClN2O5S/c1-18-15-19(29)5-10-27(18)37-14-4-13-31(28(32)33)20-6-8-21(9-7-20)36-24-11-12-30-23-17-26(35-3)25(34-2)16-22(23)24/h5-12,15-17H,4,13-14H2,1-3H3,(H,32,33). The summed E-state index contributed by atoms with van der Waals surface area (Å²) in [6.45, 7) is 2.40. The lowest BCUT2D eigenvalue weighted by atomic mass is 10.2. The number of halogens is 1. The van der Waals surface area contributed by atoms with Gasteiger partial charge in [0.25, 0.3) is 0 Å². The minimum atomic E-state index is -0.998. The lowest BCUT2D eigenvalue weighted by Gasteiger charge is -2.20. The van der Waals surface area contributed by atoms with Crippen molar-refractivity contribution in [1.29, 1.82) is 0 Å². The molecule has 0 bridgehead atoms. The molecule has 0 aliphatic heterocycles. The third-order valence-corrected chi connectivity index (χ3v) is 7.23. The van der Waals surface area contributed by atoms with E-state index in [1.165, 1.54) is 4.90 Å². The van der Waals surface area contributed by atoms with E-state index >= 15 is 0 Å². The number of thioether (sulfide) groups is 1. The molecule has 192 valence electrons. The topological polar surface area (TPSA) is 81.1 Å². The second-order valence-corrected chi connectivity index (χ2v) is 9.75. The van der Waals surface area contributed by atoms with Crippen LogP contribution in [0.2, 0.25) is 5.02 Å². The molecule has 0 unspecified atom stereocenters. The zero-order chi connectivity index (χ0) is 26.4. The molecule has 4 rings (SSSR count). The Labute approximate surface area is 224 Å². The molecular formula is C28H27ClN2O5S. The molecule has 0 fully saturated rings. The van der Waals surface area contributed by atoms with Gasteiger partial charge in [-0.2, -0.15) is 0 Å². The van der Waals surface area contributed by atoms with Crippen molar-refractivity contribution < 1.29 is 24.1 Å². The van der Waals surface area contributed by atoms with Crippen LogP contribution in [0.15, 0.2) is 71.8 Å². The van der Waals surface area contributed by atoms with E-state index in [0.717, 1.165) is 21.6 Å². The van der Waals surface area contributed by atoms with Gasteiger partial charge < -0.3 is 19.3 Å². The van der Waals surface area contributed by atoms with E-state index in [1.807, 2.05) is 31.2 Å². The van der Waals surface area contributed by atoms with E-state index in [9.17, 15) is 9.90 Å². The highest BCUT2D eigenvalue weighted by atomic mass is 35.5. The predicted octanol–water partition coefficient (Wildman–Crippen LogP) is 7.67. The maximum Gasteiger partial charge on any atom is 0.411 e. The Morgan fingerprint density at radius 3 is 2.41 bits per heavy atom. The normalized spacial score (nSPS) is 10.8. The van der Waals surface area contributed by atoms with Crippen molar-refractivity contribution in [2.75, 3.05) is 31.4 Å². The first-order valence-corrected chi connectivity index (χ1v) is 12.9. The number of hydrogen-bond acceptors (Lipinski definition) is 6. The Morgan fingerprint density at radius 1 is 1.00 bits per heavy atom. The van der Waals surface area contributed by atoms with Crippen molar-refractivity contribution >= 4 is 46.0 Å². The van der Waals surface area contributed by atoms with Crippen LogP contribution in [0.3, 0.4) is 0 Å². The molecule has 1 aromatic heterocycles. The average molecular weight is 539 g/mol. The fourth-order valence-corrected chi connectivity index (χ4v) is 5.04. The molecule has 0 atom stereocenters. The zero-order valence-electron chi connectivity index (χ0n) is 20.7. The first-order chi connectivity index (χ1) is 17.9. The smallest absolute Gasteiger partial charge is 0.411 e. The lowest BCUT2D eigenvalue weighted by Crippen LogP contribution is -2.30. The third kappa shape index (κ3) is 6.39. The highest BCUT2D eigenvalue weighted by Gasteiger charge is 2.15. The van der Waals surface area contributed by atoms with Crippen molar-refractivity contribution in [2.45, 2.75) is 18.2 Å². The number of nitrogens with zero attached hydrogens (tertiary/aromatic N) is 2. The van der Waals surface area contributed by atoms with Crippen LogP contribution in [0, 0.1) is 6.92 Å². The number of anilines is 1. The Morgan fingerprint density at radius 2 is 1.73 bits per heavy atom. The fraction of sp³-hybridized carbons (Fsp3) is 0.214. The summed E-state index contributed by atoms with van der Waals surface area (Å²) in [5.41, 5.74) is 2.40. The first kappa shape index (κ1) is 26.4. The molecule has 9 heteroatoms. The summed E-state index contributed by atoms with van der Waals surface area (Å²) in [5.74, 6) is 3.12. The van der Waals surface area contributed by atoms with Crippen LogP contribution < -0.4 is 19.1 Å². The molecule has 0 saturated carbocycles. The number of amides is 1. The second-order valence-electron chi connectivity index (χ2n) is 8.18. The fourth-order valence-electron chi connectivity index (χ4n) is 3.87. The first-order valence-electron chi connectivity index (χ1n) is 11.6. The van der Waals surface area contributed by atoms with Crippen LogP contribution in [0.1, 0.15) is 12.0 Å². The summed E-state index contributed by atoms with van der Waals surface area (Å²) < 4.78 is 16.9. The largest absolute Gasteiger partial charge is 0.493 e. The van der Waals surface area contributed by atoms with Gasteiger partial charge in [-0.25, -0.2) is 4.79 Å². The number of aryl methyl sites for hydroxylation is 1. The highest BCUT2D eigenvalue weighted by molar-refractivity contribution is 7.99. The second kappa shape index (κ2) is 12.1. The molecule has 0 aliphatic carbocycles. The van der Waals surface area contributed by atoms with Crippen LogP contribution in [0.25, 0.3) is 10.9 Å². The monoisotopic (exact) mass is 538 g/mol. The van der Waals surface area contributed by atoms with Crippen molar-refractivity contribution in [3.8, 4) is 23.0 Å². The molecule has 1 amide bonds. The van der Waals surface area contributed by atoms with E-state index < -0.39 is 6.09 Å². The maximum atomic E-state index is 11.9. The minimum Gasteiger partial charge on any atom is -0.493 e. The number of carbonyl (C=O) groups is 1. The van der Waals surface area contributed by atoms with Gasteiger partial charge in [0.15, 0.2) is 11.5 Å². The quantitative estimate of drug-likeness (QED) is 0.164. The highest BCUT2D eigenvalue weighted by Crippen LogP contribution is 2.37. The average Bonchev–Trinajstić information content (AvgIpc) is 2.89. The Balaban J connectivity index is 1.43. The van der Waals surface area contributed by atoms with Crippen LogP contribution >= 0.6 is 23.4 Å². The minimum absolute atomic E-state index is 0.381. The van der Waals surface area contributed by atoms with Crippen LogP contribution in [-0.2, 0) is 0 Å². The predicted molar refractivity (Wildman–Crippen MR) is 148 cm³/mol. The molecule has 37 heavy (non-hydrogen) atoms. The molecule has 0 radical (unpaired) electrons. The number of rotatable bonds is 10. The maximum absolute atomic E-state index is 11.9. The zero-order valence-corrected chi connectivity index (χ0v) is 22.3. The van der Waals surface area contributed by atoms with E-state index in [2.05, 4.69) is 4.98 Å². The van der Waals surface area contributed by atoms with Crippen LogP contribution in [-0.4, -0.2) is 42.7 Å². The lowest BCUT2D eigenvalue weighted by molar-refractivity contribution is 0.202. The molecule has 1 N–H and O–H groups in total. The number of aromatic nitrogens is 1. The van der Waals surface area contributed by atoms with Gasteiger partial charge in [0, 0.05) is 39.8 Å². The summed E-state index contributed by atoms with van der Waals surface area (Å²) in [5, 5.41) is 11.3. The van der Waals surface area contributed by atoms with Gasteiger partial charge >= 0.3 is 6.09 Å². The molecular weight excluding hydrogens is 512 g/mol. The van der Waals surface area contributed by atoms with Gasteiger partial charge in [-0.1, -0.05) is 11.6 Å². The SMILES string of the molecule is COc1cc2nccc(Oc3ccc(N(CCCSc4ccc(Cl)cc4C)C(=O)O)cc3)c2cc1OC. The molecule has 3 aromatic carbocycles. The number of benzene rings is 3. The molecule has 4 aromatic rings. The van der Waals surface area contributed by atoms with Gasteiger partial charge in [-0.3, -0.25) is 9.88 Å². The van der Waals surface area contributed by atoms with E-state index in [1.54, 1.807) is 68.6 Å². The van der Waals surface area contributed by atoms with Crippen molar-refractivity contribution in [2.24, 2.45) is 0 Å². The van der Waals surface area contributed by atoms with Gasteiger partial charge in [0.2, 0.25) is 0 Å². The summed E-state index contributed by atoms with van der Waals surface area (Å²) in [7, 11) is 3.15. The molecule has 0 aliphatic rings. The van der Waals surface area contributed by atoms with Crippen LogP contribution in [0.5, 0.6) is 23.0 Å². The van der Waals surface area contributed by atoms with Gasteiger partial charge in [-0.15, -0.1) is 11.8 Å². The Hall–Kier alpha value is -3.62. The van der Waals surface area contributed by atoms with Crippen molar-refractivity contribution in [1.82, 2.24) is 4.98 Å². The van der Waals surface area contributed by atoms with Gasteiger partial charge in [0.1, 0.15) is 11.5 Å². The third-order valence-electron chi connectivity index (χ3n) is 5.73. The molecule has 1 heterocycles. The van der Waals surface area contributed by atoms with E-state index in [-0.39, 0.29) is 0 Å². The van der Waals surface area contributed by atoms with Crippen molar-refractivity contribution in [3.63, 3.8) is 0 Å². The Bertz CT molecular complexity index is 1400. The number of fused-ring (bicyclic) bond motifs is 1. The number of methoxy groups -OCH3 is 2. The summed E-state index contributed by atoms with van der Waals surface area (Å²) in [6, 6.07) is 18.2. The Kier molecular flexibility index (Phi) is 8.63. The van der Waals surface area contributed by atoms with Gasteiger partial charge in [0.05, 0.1) is 19.7 Å². The molecule has 0 spiro atoms. The molecule has 0 saturated heterocycles. The van der Waals surface area contributed by atoms with Crippen LogP contribution in [0.4, 0.5) is 10.5 Å².